The van der Waals surface area contributed by atoms with Crippen LogP contribution in [0.15, 0.2) is 60.7 Å². The van der Waals surface area contributed by atoms with Crippen molar-refractivity contribution in [3.05, 3.63) is 93.4 Å². The highest BCUT2D eigenvalue weighted by atomic mass is 16.5. The monoisotopic (exact) mass is 616 g/mol. The molecule has 0 aliphatic heterocycles. The van der Waals surface area contributed by atoms with Crippen molar-refractivity contribution in [1.82, 2.24) is 0 Å². The van der Waals surface area contributed by atoms with Crippen molar-refractivity contribution in [2.24, 2.45) is 5.41 Å². The van der Waals surface area contributed by atoms with Crippen molar-refractivity contribution in [3.8, 4) is 11.5 Å². The number of carbonyl (C=O) groups excluding carboxylic acids is 1. The van der Waals surface area contributed by atoms with Gasteiger partial charge in [-0.15, -0.1) is 0 Å². The second kappa shape index (κ2) is 14.3. The molecule has 0 amide bonds. The Morgan fingerprint density at radius 3 is 1.64 bits per heavy atom. The Balaban J connectivity index is 1.28. The van der Waals surface area contributed by atoms with E-state index in [1.807, 2.05) is 60.7 Å². The van der Waals surface area contributed by atoms with Crippen LogP contribution in [0.2, 0.25) is 0 Å². The fourth-order valence-electron chi connectivity index (χ4n) is 5.45. The highest BCUT2D eigenvalue weighted by Crippen LogP contribution is 2.33. The van der Waals surface area contributed by atoms with Gasteiger partial charge in [0.2, 0.25) is 0 Å². The summed E-state index contributed by atoms with van der Waals surface area (Å²) in [4.78, 5) is 24.3. The van der Waals surface area contributed by atoms with E-state index in [2.05, 4.69) is 34.6 Å². The van der Waals surface area contributed by atoms with Crippen LogP contribution in [0.4, 0.5) is 0 Å². The van der Waals surface area contributed by atoms with Gasteiger partial charge in [0.25, 0.3) is 0 Å². The van der Waals surface area contributed by atoms with Gasteiger partial charge in [-0.05, 0) is 82.6 Å². The fourth-order valence-corrected chi connectivity index (χ4v) is 5.45. The second-order valence-corrected chi connectivity index (χ2v) is 13.2. The third-order valence-corrected chi connectivity index (χ3v) is 7.89. The summed E-state index contributed by atoms with van der Waals surface area (Å²) in [6.07, 6.45) is 4.15. The minimum absolute atomic E-state index is 0.0322. The zero-order chi connectivity index (χ0) is 32.8. The molecule has 0 radical (unpaired) electrons. The predicted molar refractivity (Wildman–Crippen MR) is 173 cm³/mol. The van der Waals surface area contributed by atoms with E-state index in [9.17, 15) is 24.9 Å². The first-order valence-corrected chi connectivity index (χ1v) is 15.3. The quantitative estimate of drug-likeness (QED) is 0.233. The number of fused-ring (bicyclic) bond motifs is 1. The first-order valence-electron chi connectivity index (χ1n) is 15.3. The SMILES string of the molecule is CC(C)(C)CC(O)COc1ccc(C(C)(C)c2ccc(OCC(O)COC(=O)c3ccc(C(=O)O)c4c3=CCCC=4)cc2)cc1. The van der Waals surface area contributed by atoms with Crippen LogP contribution in [0.3, 0.4) is 0 Å². The van der Waals surface area contributed by atoms with E-state index in [1.54, 1.807) is 0 Å². The van der Waals surface area contributed by atoms with Crippen molar-refractivity contribution in [2.75, 3.05) is 19.8 Å². The molecule has 0 fully saturated rings. The summed E-state index contributed by atoms with van der Waals surface area (Å²) in [5, 5.41) is 31.2. The van der Waals surface area contributed by atoms with Gasteiger partial charge >= 0.3 is 11.9 Å². The molecule has 0 bridgehead atoms. The third-order valence-electron chi connectivity index (χ3n) is 7.89. The molecule has 0 saturated carbocycles. The van der Waals surface area contributed by atoms with E-state index in [1.165, 1.54) is 12.1 Å². The molecule has 8 heteroatoms. The summed E-state index contributed by atoms with van der Waals surface area (Å²) in [6, 6.07) is 18.4. The van der Waals surface area contributed by atoms with Crippen molar-refractivity contribution < 1.29 is 39.1 Å². The smallest absolute Gasteiger partial charge is 0.338 e. The van der Waals surface area contributed by atoms with Crippen molar-refractivity contribution in [2.45, 2.75) is 71.5 Å². The Labute approximate surface area is 264 Å². The largest absolute Gasteiger partial charge is 0.491 e. The number of carbonyl (C=O) groups is 2. The summed E-state index contributed by atoms with van der Waals surface area (Å²) in [6.45, 7) is 10.4. The van der Waals surface area contributed by atoms with Crippen LogP contribution >= 0.6 is 0 Å². The number of rotatable bonds is 13. The van der Waals surface area contributed by atoms with Gasteiger partial charge in [-0.2, -0.15) is 0 Å². The van der Waals surface area contributed by atoms with Crippen LogP contribution in [0.5, 0.6) is 11.5 Å². The van der Waals surface area contributed by atoms with Crippen LogP contribution < -0.4 is 19.9 Å². The number of aliphatic hydroxyl groups excluding tert-OH is 2. The van der Waals surface area contributed by atoms with Gasteiger partial charge in [0, 0.05) is 5.41 Å². The lowest BCUT2D eigenvalue weighted by Gasteiger charge is -2.27. The Kier molecular flexibility index (Phi) is 10.7. The molecule has 45 heavy (non-hydrogen) atoms. The number of carboxylic acid groups (broad SMARTS) is 1. The number of aliphatic hydroxyl groups is 2. The molecule has 0 heterocycles. The van der Waals surface area contributed by atoms with Gasteiger partial charge in [-0.3, -0.25) is 0 Å². The van der Waals surface area contributed by atoms with E-state index >= 15 is 0 Å². The molecule has 4 rings (SSSR count). The maximum atomic E-state index is 12.8. The highest BCUT2D eigenvalue weighted by molar-refractivity contribution is 5.93. The molecule has 0 aromatic heterocycles. The first-order chi connectivity index (χ1) is 21.2. The number of benzene rings is 3. The highest BCUT2D eigenvalue weighted by Gasteiger charge is 2.24. The molecule has 1 aliphatic rings. The van der Waals surface area contributed by atoms with E-state index < -0.39 is 24.1 Å². The van der Waals surface area contributed by atoms with Gasteiger partial charge in [-0.25, -0.2) is 9.59 Å². The van der Waals surface area contributed by atoms with E-state index in [0.29, 0.717) is 41.2 Å². The minimum atomic E-state index is -1.05. The lowest BCUT2D eigenvalue weighted by molar-refractivity contribution is 0.0129. The molecule has 3 aromatic rings. The maximum absolute atomic E-state index is 12.8. The standard InChI is InChI=1S/C37H44O8/c1-36(2,3)20-26(38)21-43-28-14-10-24(11-15-28)37(4,5)25-12-16-29(17-13-25)44-22-27(39)23-45-35(42)33-19-18-32(34(40)41)30-8-6-7-9-31(30)33/h8-19,26-27,38-39H,6-7,20-23H2,1-5H3,(H,40,41). The average molecular weight is 617 g/mol. The number of esters is 1. The Hall–Kier alpha value is -4.14. The maximum Gasteiger partial charge on any atom is 0.338 e. The van der Waals surface area contributed by atoms with Gasteiger partial charge < -0.3 is 29.5 Å². The molecular weight excluding hydrogens is 572 g/mol. The molecule has 2 atom stereocenters. The lowest BCUT2D eigenvalue weighted by atomic mass is 9.78. The van der Waals surface area contributed by atoms with Crippen LogP contribution in [0.25, 0.3) is 12.2 Å². The predicted octanol–water partition coefficient (Wildman–Crippen LogP) is 4.84. The molecule has 8 nitrogen and oxygen atoms in total. The van der Waals surface area contributed by atoms with Gasteiger partial charge in [0.05, 0.1) is 17.2 Å². The van der Waals surface area contributed by atoms with Gasteiger partial charge in [0.15, 0.2) is 0 Å². The Morgan fingerprint density at radius 2 is 1.16 bits per heavy atom. The molecule has 0 spiro atoms. The summed E-state index contributed by atoms with van der Waals surface area (Å²) < 4.78 is 16.9. The third kappa shape index (κ3) is 8.96. The molecule has 0 saturated heterocycles. The molecular formula is C37H44O8. The summed E-state index contributed by atoms with van der Waals surface area (Å²) in [5.74, 6) is -0.396. The topological polar surface area (TPSA) is 123 Å². The summed E-state index contributed by atoms with van der Waals surface area (Å²) in [5.41, 5.74) is 2.33. The van der Waals surface area contributed by atoms with Crippen molar-refractivity contribution >= 4 is 24.1 Å². The average Bonchev–Trinajstić information content (AvgIpc) is 3.00. The molecule has 240 valence electrons. The zero-order valence-corrected chi connectivity index (χ0v) is 26.7. The molecule has 1 aliphatic carbocycles. The number of hydrogen-bond acceptors (Lipinski definition) is 7. The lowest BCUT2D eigenvalue weighted by Crippen LogP contribution is -2.38. The second-order valence-electron chi connectivity index (χ2n) is 13.2. The Bertz CT molecular complexity index is 1600. The van der Waals surface area contributed by atoms with Crippen LogP contribution in [-0.2, 0) is 10.2 Å². The van der Waals surface area contributed by atoms with Crippen LogP contribution in [0.1, 0.15) is 85.7 Å². The Morgan fingerprint density at radius 1 is 0.689 bits per heavy atom. The summed E-state index contributed by atoms with van der Waals surface area (Å²) in [7, 11) is 0. The van der Waals surface area contributed by atoms with E-state index in [0.717, 1.165) is 11.1 Å². The number of hydrogen-bond donors (Lipinski definition) is 3. The number of carboxylic acids is 1. The van der Waals surface area contributed by atoms with Gasteiger partial charge in [0.1, 0.15) is 37.4 Å². The molecule has 2 unspecified atom stereocenters. The van der Waals surface area contributed by atoms with Crippen molar-refractivity contribution in [1.29, 1.82) is 0 Å². The fraction of sp³-hybridized carbons (Fsp3) is 0.405. The van der Waals surface area contributed by atoms with Crippen LogP contribution in [0, 0.1) is 5.41 Å². The van der Waals surface area contributed by atoms with E-state index in [-0.39, 0.29) is 41.8 Å². The van der Waals surface area contributed by atoms with E-state index in [4.69, 9.17) is 14.2 Å². The normalized spacial score (nSPS) is 14.3. The zero-order valence-electron chi connectivity index (χ0n) is 26.7. The van der Waals surface area contributed by atoms with Crippen LogP contribution in [-0.4, -0.2) is 59.3 Å². The summed E-state index contributed by atoms with van der Waals surface area (Å²) >= 11 is 0. The van der Waals surface area contributed by atoms with Gasteiger partial charge in [-0.1, -0.05) is 71.0 Å². The minimum Gasteiger partial charge on any atom is -0.491 e. The molecule has 3 N–H and O–H groups in total. The number of aromatic carboxylic acids is 1. The first kappa shape index (κ1) is 33.7. The van der Waals surface area contributed by atoms with Crippen molar-refractivity contribution in [3.63, 3.8) is 0 Å². The number of ether oxygens (including phenoxy) is 3. The molecule has 3 aromatic carbocycles.